The van der Waals surface area contributed by atoms with Crippen molar-refractivity contribution in [1.29, 1.82) is 0 Å². The van der Waals surface area contributed by atoms with E-state index in [-0.39, 0.29) is 0 Å². The molecule has 0 aliphatic carbocycles. The molecule has 0 saturated carbocycles. The molecule has 0 spiro atoms. The molecule has 1 aliphatic rings. The summed E-state index contributed by atoms with van der Waals surface area (Å²) in [7, 11) is 0. The van der Waals surface area contributed by atoms with Gasteiger partial charge < -0.3 is 15.2 Å². The van der Waals surface area contributed by atoms with Gasteiger partial charge in [-0.05, 0) is 25.0 Å². The van der Waals surface area contributed by atoms with Gasteiger partial charge in [0.15, 0.2) is 11.4 Å². The number of nitrogens with two attached hydrogens (primary N) is 1. The van der Waals surface area contributed by atoms with Crippen LogP contribution < -0.4 is 10.6 Å². The topological polar surface area (TPSA) is 55.3 Å². The first-order chi connectivity index (χ1) is 7.36. The van der Waals surface area contributed by atoms with E-state index in [1.807, 2.05) is 18.2 Å². The maximum atomic E-state index is 5.82. The molecule has 2 aromatic rings. The highest BCUT2D eigenvalue weighted by molar-refractivity contribution is 5.95. The zero-order valence-corrected chi connectivity index (χ0v) is 8.44. The fourth-order valence-corrected chi connectivity index (χ4v) is 2.13. The van der Waals surface area contributed by atoms with E-state index in [0.717, 1.165) is 24.3 Å². The molecule has 4 nitrogen and oxygen atoms in total. The van der Waals surface area contributed by atoms with E-state index in [4.69, 9.17) is 10.3 Å². The van der Waals surface area contributed by atoms with Crippen LogP contribution in [0.5, 0.6) is 0 Å². The van der Waals surface area contributed by atoms with Gasteiger partial charge in [0.2, 0.25) is 0 Å². The average Bonchev–Trinajstić information content (AvgIpc) is 2.85. The summed E-state index contributed by atoms with van der Waals surface area (Å²) in [5, 5.41) is 5.13. The Morgan fingerprint density at radius 3 is 2.87 bits per heavy atom. The number of hydrogen-bond donors (Lipinski definition) is 1. The molecule has 4 heteroatoms. The number of aromatic nitrogens is 1. The van der Waals surface area contributed by atoms with Gasteiger partial charge in [-0.3, -0.25) is 0 Å². The fraction of sp³-hybridized carbons (Fsp3) is 0.364. The number of hydrogen-bond acceptors (Lipinski definition) is 4. The lowest BCUT2D eigenvalue weighted by Gasteiger charge is -2.12. The lowest BCUT2D eigenvalue weighted by Crippen LogP contribution is -2.17. The summed E-state index contributed by atoms with van der Waals surface area (Å²) in [6.45, 7) is 2.13. The minimum absolute atomic E-state index is 0.658. The molecule has 0 unspecified atom stereocenters. The summed E-state index contributed by atoms with van der Waals surface area (Å²) in [5.74, 6) is 0.940. The van der Waals surface area contributed by atoms with Crippen LogP contribution in [0.25, 0.3) is 11.0 Å². The van der Waals surface area contributed by atoms with Gasteiger partial charge in [-0.1, -0.05) is 11.2 Å². The number of fused-ring (bicyclic) bond motifs is 1. The first-order valence-corrected chi connectivity index (χ1v) is 5.25. The highest BCUT2D eigenvalue weighted by Gasteiger charge is 2.19. The van der Waals surface area contributed by atoms with Crippen LogP contribution >= 0.6 is 0 Å². The summed E-state index contributed by atoms with van der Waals surface area (Å²) >= 11 is 0. The molecule has 15 heavy (non-hydrogen) atoms. The molecular formula is C11H13N3O. The molecule has 0 radical (unpaired) electrons. The number of nitrogens with zero attached hydrogens (tertiary/aromatic N) is 2. The summed E-state index contributed by atoms with van der Waals surface area (Å²) in [4.78, 5) is 2.26. The van der Waals surface area contributed by atoms with Crippen LogP contribution in [0.4, 0.5) is 11.5 Å². The van der Waals surface area contributed by atoms with Crippen LogP contribution in [-0.2, 0) is 0 Å². The van der Waals surface area contributed by atoms with E-state index in [2.05, 4.69) is 10.1 Å². The van der Waals surface area contributed by atoms with Gasteiger partial charge >= 0.3 is 0 Å². The highest BCUT2D eigenvalue weighted by atomic mass is 16.5. The normalized spacial score (nSPS) is 16.4. The standard InChI is InChI=1S/C11H13N3O/c12-9-5-3-4-8-10(9)15-13-11(8)14-6-1-2-7-14/h3-5H,1-2,6-7,12H2. The number of nitrogen functional groups attached to an aromatic ring is 1. The maximum Gasteiger partial charge on any atom is 0.191 e. The smallest absolute Gasteiger partial charge is 0.191 e. The summed E-state index contributed by atoms with van der Waals surface area (Å²) in [5.41, 5.74) is 7.18. The second kappa shape index (κ2) is 3.15. The van der Waals surface area contributed by atoms with Gasteiger partial charge in [-0.2, -0.15) is 0 Å². The predicted molar refractivity (Wildman–Crippen MR) is 59.9 cm³/mol. The Hall–Kier alpha value is -1.71. The van der Waals surface area contributed by atoms with Gasteiger partial charge in [-0.15, -0.1) is 0 Å². The monoisotopic (exact) mass is 203 g/mol. The van der Waals surface area contributed by atoms with Crippen molar-refractivity contribution < 1.29 is 4.52 Å². The molecule has 2 heterocycles. The molecule has 1 saturated heterocycles. The fourth-order valence-electron chi connectivity index (χ4n) is 2.13. The molecule has 1 aromatic heterocycles. The highest BCUT2D eigenvalue weighted by Crippen LogP contribution is 2.31. The van der Waals surface area contributed by atoms with Gasteiger partial charge in [0, 0.05) is 13.1 Å². The van der Waals surface area contributed by atoms with Gasteiger partial charge in [-0.25, -0.2) is 0 Å². The average molecular weight is 203 g/mol. The summed E-state index contributed by atoms with van der Waals surface area (Å²) in [6.07, 6.45) is 2.47. The van der Waals surface area contributed by atoms with Crippen molar-refractivity contribution in [3.8, 4) is 0 Å². The Balaban J connectivity index is 2.15. The van der Waals surface area contributed by atoms with Crippen molar-refractivity contribution in [2.45, 2.75) is 12.8 Å². The number of rotatable bonds is 1. The van der Waals surface area contributed by atoms with E-state index in [1.165, 1.54) is 12.8 Å². The molecule has 0 amide bonds. The van der Waals surface area contributed by atoms with Crippen molar-refractivity contribution >= 4 is 22.5 Å². The second-order valence-corrected chi connectivity index (χ2v) is 3.92. The Kier molecular flexibility index (Phi) is 1.80. The van der Waals surface area contributed by atoms with E-state index in [0.29, 0.717) is 11.3 Å². The van der Waals surface area contributed by atoms with Crippen LogP contribution in [-0.4, -0.2) is 18.2 Å². The maximum absolute atomic E-state index is 5.82. The van der Waals surface area contributed by atoms with Crippen molar-refractivity contribution in [2.75, 3.05) is 23.7 Å². The minimum atomic E-state index is 0.658. The molecule has 3 rings (SSSR count). The van der Waals surface area contributed by atoms with Crippen LogP contribution in [0, 0.1) is 0 Å². The van der Waals surface area contributed by atoms with E-state index >= 15 is 0 Å². The third-order valence-electron chi connectivity index (χ3n) is 2.92. The molecule has 1 fully saturated rings. The predicted octanol–water partition coefficient (Wildman–Crippen LogP) is 2.01. The second-order valence-electron chi connectivity index (χ2n) is 3.92. The van der Waals surface area contributed by atoms with Crippen LogP contribution in [0.1, 0.15) is 12.8 Å². The number of para-hydroxylation sites is 1. The third-order valence-corrected chi connectivity index (χ3v) is 2.92. The zero-order valence-electron chi connectivity index (χ0n) is 8.44. The molecule has 2 N–H and O–H groups in total. The summed E-state index contributed by atoms with van der Waals surface area (Å²) < 4.78 is 5.28. The first-order valence-electron chi connectivity index (χ1n) is 5.25. The first kappa shape index (κ1) is 8.59. The van der Waals surface area contributed by atoms with E-state index in [9.17, 15) is 0 Å². The molecule has 78 valence electrons. The van der Waals surface area contributed by atoms with Gasteiger partial charge in [0.25, 0.3) is 0 Å². The largest absolute Gasteiger partial charge is 0.396 e. The quantitative estimate of drug-likeness (QED) is 0.720. The Morgan fingerprint density at radius 1 is 1.27 bits per heavy atom. The van der Waals surface area contributed by atoms with Crippen molar-refractivity contribution in [3.05, 3.63) is 18.2 Å². The lowest BCUT2D eigenvalue weighted by molar-refractivity contribution is 0.457. The van der Waals surface area contributed by atoms with Gasteiger partial charge in [0.05, 0.1) is 11.1 Å². The molecule has 1 aromatic carbocycles. The SMILES string of the molecule is Nc1cccc2c(N3CCCC3)noc12. The van der Waals surface area contributed by atoms with E-state index < -0.39 is 0 Å². The van der Waals surface area contributed by atoms with Crippen LogP contribution in [0.2, 0.25) is 0 Å². The number of benzene rings is 1. The van der Waals surface area contributed by atoms with Crippen molar-refractivity contribution in [3.63, 3.8) is 0 Å². The lowest BCUT2D eigenvalue weighted by atomic mass is 10.2. The van der Waals surface area contributed by atoms with Crippen molar-refractivity contribution in [1.82, 2.24) is 5.16 Å². The van der Waals surface area contributed by atoms with E-state index in [1.54, 1.807) is 0 Å². The number of anilines is 2. The van der Waals surface area contributed by atoms with Crippen molar-refractivity contribution in [2.24, 2.45) is 0 Å². The van der Waals surface area contributed by atoms with Crippen LogP contribution in [0.15, 0.2) is 22.7 Å². The minimum Gasteiger partial charge on any atom is -0.396 e. The third kappa shape index (κ3) is 1.25. The summed E-state index contributed by atoms with van der Waals surface area (Å²) in [6, 6.07) is 5.78. The molecular weight excluding hydrogens is 190 g/mol. The Morgan fingerprint density at radius 2 is 2.07 bits per heavy atom. The van der Waals surface area contributed by atoms with Crippen LogP contribution in [0.3, 0.4) is 0 Å². The molecule has 0 atom stereocenters. The van der Waals surface area contributed by atoms with Gasteiger partial charge in [0.1, 0.15) is 0 Å². The molecule has 1 aliphatic heterocycles. The molecule has 0 bridgehead atoms. The Bertz CT molecular complexity index is 486. The zero-order chi connectivity index (χ0) is 10.3. The Labute approximate surface area is 87.6 Å².